The Morgan fingerprint density at radius 2 is 1.30 bits per heavy atom. The van der Waals surface area contributed by atoms with Gasteiger partial charge in [0, 0.05) is 27.7 Å². The summed E-state index contributed by atoms with van der Waals surface area (Å²) in [6.07, 6.45) is -4.65. The molecule has 0 unspecified atom stereocenters. The molecule has 2 saturated heterocycles. The van der Waals surface area contributed by atoms with Gasteiger partial charge >= 0.3 is 17.9 Å². The fourth-order valence-corrected chi connectivity index (χ4v) is 2.88. The van der Waals surface area contributed by atoms with Gasteiger partial charge in [-0.2, -0.15) is 0 Å². The van der Waals surface area contributed by atoms with Crippen LogP contribution < -0.4 is 0 Å². The lowest BCUT2D eigenvalue weighted by Gasteiger charge is -2.40. The number of nitrogens with zero attached hydrogens (tertiary/aromatic N) is 1. The third-order valence-corrected chi connectivity index (χ3v) is 3.60. The van der Waals surface area contributed by atoms with Crippen LogP contribution in [-0.4, -0.2) is 65.9 Å². The van der Waals surface area contributed by atoms with Crippen molar-refractivity contribution < 1.29 is 38.1 Å². The predicted molar refractivity (Wildman–Crippen MR) is 72.7 cm³/mol. The molecule has 9 nitrogen and oxygen atoms in total. The average molecular weight is 329 g/mol. The molecule has 0 aromatic carbocycles. The Morgan fingerprint density at radius 1 is 0.826 bits per heavy atom. The van der Waals surface area contributed by atoms with Crippen molar-refractivity contribution in [3.05, 3.63) is 0 Å². The predicted octanol–water partition coefficient (Wildman–Crippen LogP) is -0.631. The molecule has 128 valence electrons. The highest BCUT2D eigenvalue weighted by Gasteiger charge is 2.58. The van der Waals surface area contributed by atoms with Gasteiger partial charge in [-0.25, -0.2) is 0 Å². The highest BCUT2D eigenvalue weighted by Crippen LogP contribution is 2.35. The van der Waals surface area contributed by atoms with Gasteiger partial charge in [0.15, 0.2) is 24.5 Å². The molecule has 0 aromatic heterocycles. The third kappa shape index (κ3) is 3.61. The van der Waals surface area contributed by atoms with Crippen LogP contribution in [0.1, 0.15) is 27.7 Å². The molecule has 0 aromatic rings. The molecular formula is C14H19NO8. The summed E-state index contributed by atoms with van der Waals surface area (Å²) < 4.78 is 21.3. The van der Waals surface area contributed by atoms with Crippen molar-refractivity contribution in [1.82, 2.24) is 4.90 Å². The fourth-order valence-electron chi connectivity index (χ4n) is 2.88. The van der Waals surface area contributed by atoms with E-state index in [-0.39, 0.29) is 12.5 Å². The topological polar surface area (TPSA) is 108 Å². The van der Waals surface area contributed by atoms with Crippen LogP contribution in [0.5, 0.6) is 0 Å². The maximum absolute atomic E-state index is 11.8. The summed E-state index contributed by atoms with van der Waals surface area (Å²) in [5.74, 6) is -2.15. The van der Waals surface area contributed by atoms with E-state index in [0.717, 1.165) is 0 Å². The molecule has 9 heteroatoms. The minimum absolute atomic E-state index is 0.146. The van der Waals surface area contributed by atoms with E-state index in [1.54, 1.807) is 0 Å². The molecule has 2 fully saturated rings. The van der Waals surface area contributed by atoms with Gasteiger partial charge in [-0.3, -0.25) is 19.2 Å². The fraction of sp³-hybridized carbons (Fsp3) is 0.714. The summed E-state index contributed by atoms with van der Waals surface area (Å²) in [5, 5.41) is 0. The first-order chi connectivity index (χ1) is 10.7. The number of esters is 3. The largest absolute Gasteiger partial charge is 0.456 e. The zero-order valence-electron chi connectivity index (χ0n) is 13.3. The van der Waals surface area contributed by atoms with Gasteiger partial charge in [0.2, 0.25) is 5.91 Å². The number of amides is 1. The van der Waals surface area contributed by atoms with Gasteiger partial charge in [-0.15, -0.1) is 0 Å². The van der Waals surface area contributed by atoms with Crippen molar-refractivity contribution in [3.63, 3.8) is 0 Å². The number of hydrogen-bond donors (Lipinski definition) is 0. The minimum Gasteiger partial charge on any atom is -0.456 e. The van der Waals surface area contributed by atoms with E-state index in [2.05, 4.69) is 0 Å². The highest BCUT2D eigenvalue weighted by atomic mass is 16.7. The van der Waals surface area contributed by atoms with E-state index < -0.39 is 48.6 Å². The van der Waals surface area contributed by atoms with Crippen LogP contribution in [0.3, 0.4) is 0 Å². The molecule has 2 rings (SSSR count). The molecule has 2 aliphatic heterocycles. The second-order valence-corrected chi connectivity index (χ2v) is 5.46. The minimum atomic E-state index is -1.08. The number of ether oxygens (including phenoxy) is 4. The zero-order valence-corrected chi connectivity index (χ0v) is 13.3. The number of carbonyl (C=O) groups is 4. The summed E-state index contributed by atoms with van der Waals surface area (Å²) in [6, 6.07) is 0. The Labute approximate surface area is 132 Å². The molecule has 0 radical (unpaired) electrons. The van der Waals surface area contributed by atoms with Crippen LogP contribution in [-0.2, 0) is 38.1 Å². The lowest BCUT2D eigenvalue weighted by Crippen LogP contribution is -2.59. The molecule has 2 heterocycles. The van der Waals surface area contributed by atoms with Crippen LogP contribution in [0.2, 0.25) is 0 Å². The number of likely N-dealkylation sites (tertiary alicyclic amines) is 1. The number of hydrogen-bond acceptors (Lipinski definition) is 8. The van der Waals surface area contributed by atoms with Crippen molar-refractivity contribution in [2.75, 3.05) is 6.54 Å². The Hall–Kier alpha value is -2.16. The van der Waals surface area contributed by atoms with Gasteiger partial charge in [-0.1, -0.05) is 0 Å². The molecule has 0 N–H and O–H groups in total. The van der Waals surface area contributed by atoms with Crippen LogP contribution in [0, 0.1) is 0 Å². The summed E-state index contributed by atoms with van der Waals surface area (Å²) in [4.78, 5) is 47.3. The normalized spacial score (nSPS) is 32.2. The van der Waals surface area contributed by atoms with Crippen molar-refractivity contribution in [3.8, 4) is 0 Å². The van der Waals surface area contributed by atoms with Gasteiger partial charge in [0.05, 0.1) is 6.54 Å². The van der Waals surface area contributed by atoms with E-state index >= 15 is 0 Å². The molecule has 5 atom stereocenters. The molecule has 0 aliphatic carbocycles. The van der Waals surface area contributed by atoms with Gasteiger partial charge in [-0.05, 0) is 0 Å². The summed E-state index contributed by atoms with van der Waals surface area (Å²) in [5.41, 5.74) is 0. The summed E-state index contributed by atoms with van der Waals surface area (Å²) >= 11 is 0. The molecular weight excluding hydrogens is 310 g/mol. The molecule has 1 amide bonds. The van der Waals surface area contributed by atoms with Gasteiger partial charge < -0.3 is 23.8 Å². The van der Waals surface area contributed by atoms with E-state index in [1.165, 1.54) is 32.6 Å². The molecule has 2 aliphatic rings. The first-order valence-electron chi connectivity index (χ1n) is 7.15. The number of rotatable bonds is 3. The van der Waals surface area contributed by atoms with E-state index in [4.69, 9.17) is 18.9 Å². The van der Waals surface area contributed by atoms with E-state index in [0.29, 0.717) is 0 Å². The number of fused-ring (bicyclic) bond motifs is 2. The Kier molecular flexibility index (Phi) is 4.88. The molecule has 0 saturated carbocycles. The first-order valence-corrected chi connectivity index (χ1v) is 7.15. The third-order valence-electron chi connectivity index (χ3n) is 3.60. The van der Waals surface area contributed by atoms with Crippen molar-refractivity contribution >= 4 is 23.8 Å². The van der Waals surface area contributed by atoms with E-state index in [9.17, 15) is 19.2 Å². The maximum atomic E-state index is 11.8. The Morgan fingerprint density at radius 3 is 1.78 bits per heavy atom. The van der Waals surface area contributed by atoms with Gasteiger partial charge in [0.1, 0.15) is 6.10 Å². The summed E-state index contributed by atoms with van der Waals surface area (Å²) in [7, 11) is 0. The monoisotopic (exact) mass is 329 g/mol. The van der Waals surface area contributed by atoms with Gasteiger partial charge in [0.25, 0.3) is 0 Å². The van der Waals surface area contributed by atoms with Crippen LogP contribution in [0.15, 0.2) is 0 Å². The standard InChI is InChI=1S/C14H19NO8/c1-6(16)15-5-10-11(20-7(2)17)12(21-8(3)18)13(14(15)23-10)22-9(4)19/h10-14H,5H2,1-4H3/t10-,11-,12+,13-,14-/m1/s1. The highest BCUT2D eigenvalue weighted by molar-refractivity contribution is 5.74. The Balaban J connectivity index is 2.38. The quantitative estimate of drug-likeness (QED) is 0.497. The lowest BCUT2D eigenvalue weighted by atomic mass is 10.00. The molecule has 0 spiro atoms. The molecule has 2 bridgehead atoms. The van der Waals surface area contributed by atoms with Crippen LogP contribution in [0.4, 0.5) is 0 Å². The van der Waals surface area contributed by atoms with Crippen LogP contribution >= 0.6 is 0 Å². The summed E-state index contributed by atoms with van der Waals surface area (Å²) in [6.45, 7) is 5.07. The second-order valence-electron chi connectivity index (χ2n) is 5.46. The van der Waals surface area contributed by atoms with Crippen LogP contribution in [0.25, 0.3) is 0 Å². The van der Waals surface area contributed by atoms with E-state index in [1.807, 2.05) is 0 Å². The maximum Gasteiger partial charge on any atom is 0.303 e. The van der Waals surface area contributed by atoms with Crippen molar-refractivity contribution in [1.29, 1.82) is 0 Å². The average Bonchev–Trinajstić information content (AvgIpc) is 2.79. The second kappa shape index (κ2) is 6.53. The molecule has 23 heavy (non-hydrogen) atoms. The SMILES string of the molecule is CC(=O)O[C@@H]1[C@@H](OC(C)=O)[C@H]2O[C@H](CN2C(C)=O)[C@H]1OC(C)=O. The van der Waals surface area contributed by atoms with Crippen molar-refractivity contribution in [2.24, 2.45) is 0 Å². The number of carbonyl (C=O) groups excluding carboxylic acids is 4. The smallest absolute Gasteiger partial charge is 0.303 e. The zero-order chi connectivity index (χ0) is 17.3. The lowest BCUT2D eigenvalue weighted by molar-refractivity contribution is -0.237. The first kappa shape index (κ1) is 17.2. The van der Waals surface area contributed by atoms with Crippen molar-refractivity contribution in [2.45, 2.75) is 58.3 Å². The Bertz CT molecular complexity index is 517.